The second-order valence-corrected chi connectivity index (χ2v) is 7.85. The summed E-state index contributed by atoms with van der Waals surface area (Å²) in [7, 11) is 0. The number of aromatic nitrogens is 2. The van der Waals surface area contributed by atoms with Crippen molar-refractivity contribution in [2.24, 2.45) is 0 Å². The van der Waals surface area contributed by atoms with Crippen molar-refractivity contribution >= 4 is 28.9 Å². The largest absolute Gasteiger partial charge is 0.398 e. The minimum absolute atomic E-state index is 0.391. The topological polar surface area (TPSA) is 101 Å². The summed E-state index contributed by atoms with van der Waals surface area (Å²) in [6, 6.07) is 7.44. The van der Waals surface area contributed by atoms with Gasteiger partial charge in [0.1, 0.15) is 5.15 Å². The lowest BCUT2D eigenvalue weighted by atomic mass is 10.0. The number of anilines is 2. The van der Waals surface area contributed by atoms with Crippen molar-refractivity contribution in [2.45, 2.75) is 6.42 Å². The van der Waals surface area contributed by atoms with Gasteiger partial charge in [0.2, 0.25) is 5.95 Å². The van der Waals surface area contributed by atoms with Gasteiger partial charge in [-0.25, -0.2) is 9.97 Å². The van der Waals surface area contributed by atoms with Crippen LogP contribution in [0.15, 0.2) is 24.3 Å². The Balaban J connectivity index is 1.48. The number of nitrogens with one attached hydrogen (secondary N) is 1. The Bertz CT molecular complexity index is 897. The highest BCUT2D eigenvalue weighted by molar-refractivity contribution is 6.29. The van der Waals surface area contributed by atoms with E-state index in [9.17, 15) is 0 Å². The van der Waals surface area contributed by atoms with Crippen molar-refractivity contribution in [3.05, 3.63) is 35.0 Å². The lowest BCUT2D eigenvalue weighted by Crippen LogP contribution is -2.37. The first kappa shape index (κ1) is 21.0. The van der Waals surface area contributed by atoms with E-state index in [1.165, 1.54) is 0 Å². The Labute approximate surface area is 181 Å². The van der Waals surface area contributed by atoms with Gasteiger partial charge in [0, 0.05) is 67.7 Å². The Morgan fingerprint density at radius 3 is 2.43 bits per heavy atom. The zero-order valence-corrected chi connectivity index (χ0v) is 17.7. The maximum Gasteiger partial charge on any atom is 0.227 e. The molecule has 30 heavy (non-hydrogen) atoms. The monoisotopic (exact) mass is 430 g/mol. The standard InChI is InChI=1S/C21H27ClN6O2/c22-20-14-19(25-21(26-20)28-7-11-30-12-8-28)15-1-2-16(18(24)13-15)17(23)3-4-27-5-9-29-10-6-27/h1-2,13-14,23H,3-12,24H2. The van der Waals surface area contributed by atoms with Crippen LogP contribution in [0.2, 0.25) is 5.15 Å². The number of hydrogen-bond acceptors (Lipinski definition) is 8. The van der Waals surface area contributed by atoms with E-state index in [-0.39, 0.29) is 0 Å². The SMILES string of the molecule is N=C(CCN1CCOCC1)c1ccc(-c2cc(Cl)nc(N3CCOCC3)n2)cc1N. The molecule has 4 rings (SSSR count). The first-order valence-electron chi connectivity index (χ1n) is 10.3. The maximum atomic E-state index is 8.46. The van der Waals surface area contributed by atoms with Gasteiger partial charge in [0.25, 0.3) is 0 Å². The van der Waals surface area contributed by atoms with Crippen molar-refractivity contribution in [2.75, 3.05) is 69.8 Å². The molecule has 0 aliphatic carbocycles. The second-order valence-electron chi connectivity index (χ2n) is 7.46. The van der Waals surface area contributed by atoms with E-state index >= 15 is 0 Å². The third-order valence-electron chi connectivity index (χ3n) is 5.43. The highest BCUT2D eigenvalue weighted by atomic mass is 35.5. The molecule has 0 bridgehead atoms. The number of nitrogens with zero attached hydrogens (tertiary/aromatic N) is 4. The Morgan fingerprint density at radius 2 is 1.73 bits per heavy atom. The summed E-state index contributed by atoms with van der Waals surface area (Å²) in [5.41, 5.74) is 9.76. The van der Waals surface area contributed by atoms with Crippen LogP contribution in [0.25, 0.3) is 11.3 Å². The van der Waals surface area contributed by atoms with E-state index in [0.29, 0.717) is 42.1 Å². The smallest absolute Gasteiger partial charge is 0.227 e. The summed E-state index contributed by atoms with van der Waals surface area (Å²) in [6.07, 6.45) is 0.657. The average Bonchev–Trinajstić information content (AvgIpc) is 2.78. The lowest BCUT2D eigenvalue weighted by molar-refractivity contribution is 0.0392. The van der Waals surface area contributed by atoms with Crippen molar-refractivity contribution in [3.63, 3.8) is 0 Å². The molecular formula is C21H27ClN6O2. The molecule has 2 aliphatic heterocycles. The van der Waals surface area contributed by atoms with Gasteiger partial charge in [-0.15, -0.1) is 0 Å². The van der Waals surface area contributed by atoms with Gasteiger partial charge in [-0.05, 0) is 6.07 Å². The fourth-order valence-electron chi connectivity index (χ4n) is 3.68. The third-order valence-corrected chi connectivity index (χ3v) is 5.62. The van der Waals surface area contributed by atoms with Crippen LogP contribution < -0.4 is 10.6 Å². The molecule has 0 amide bonds. The third kappa shape index (κ3) is 5.07. The van der Waals surface area contributed by atoms with E-state index in [4.69, 9.17) is 32.2 Å². The van der Waals surface area contributed by atoms with Crippen molar-refractivity contribution in [3.8, 4) is 11.3 Å². The van der Waals surface area contributed by atoms with Crippen LogP contribution >= 0.6 is 11.6 Å². The molecule has 0 unspecified atom stereocenters. The molecule has 2 saturated heterocycles. The van der Waals surface area contributed by atoms with E-state index in [2.05, 4.69) is 19.8 Å². The van der Waals surface area contributed by atoms with Crippen LogP contribution in [0.4, 0.5) is 11.6 Å². The van der Waals surface area contributed by atoms with Crippen LogP contribution in [-0.4, -0.2) is 79.7 Å². The first-order valence-corrected chi connectivity index (χ1v) is 10.6. The van der Waals surface area contributed by atoms with Crippen LogP contribution in [0, 0.1) is 5.41 Å². The molecule has 8 nitrogen and oxygen atoms in total. The second kappa shape index (κ2) is 9.70. The molecule has 1 aromatic carbocycles. The van der Waals surface area contributed by atoms with Gasteiger partial charge >= 0.3 is 0 Å². The molecule has 160 valence electrons. The van der Waals surface area contributed by atoms with E-state index in [1.54, 1.807) is 6.07 Å². The Morgan fingerprint density at radius 1 is 1.03 bits per heavy atom. The number of nitrogens with two attached hydrogens (primary N) is 1. The molecule has 2 aliphatic rings. The highest BCUT2D eigenvalue weighted by Gasteiger charge is 2.17. The number of benzene rings is 1. The Kier molecular flexibility index (Phi) is 6.79. The molecule has 0 radical (unpaired) electrons. The van der Waals surface area contributed by atoms with Crippen molar-refractivity contribution in [1.29, 1.82) is 5.41 Å². The predicted molar refractivity (Wildman–Crippen MR) is 119 cm³/mol. The van der Waals surface area contributed by atoms with Crippen LogP contribution in [-0.2, 0) is 9.47 Å². The molecule has 3 N–H and O–H groups in total. The van der Waals surface area contributed by atoms with Gasteiger partial charge in [0.15, 0.2) is 0 Å². The fourth-order valence-corrected chi connectivity index (χ4v) is 3.86. The van der Waals surface area contributed by atoms with E-state index in [0.717, 1.165) is 62.8 Å². The van der Waals surface area contributed by atoms with Gasteiger partial charge in [0.05, 0.1) is 32.1 Å². The number of hydrogen-bond donors (Lipinski definition) is 2. The molecule has 3 heterocycles. The number of rotatable bonds is 6. The molecule has 2 fully saturated rings. The first-order chi connectivity index (χ1) is 14.6. The van der Waals surface area contributed by atoms with E-state index < -0.39 is 0 Å². The number of nitrogen functional groups attached to an aromatic ring is 1. The Hall–Kier alpha value is -2.26. The zero-order chi connectivity index (χ0) is 20.9. The fraction of sp³-hybridized carbons (Fsp3) is 0.476. The molecular weight excluding hydrogens is 404 g/mol. The number of ether oxygens (including phenoxy) is 2. The molecule has 0 saturated carbocycles. The van der Waals surface area contributed by atoms with Gasteiger partial charge < -0.3 is 25.5 Å². The summed E-state index contributed by atoms with van der Waals surface area (Å²) in [5, 5.41) is 8.85. The minimum atomic E-state index is 0.391. The molecule has 2 aromatic rings. The number of morpholine rings is 2. The zero-order valence-electron chi connectivity index (χ0n) is 16.9. The normalized spacial score (nSPS) is 17.8. The number of halogens is 1. The summed E-state index contributed by atoms with van der Waals surface area (Å²) < 4.78 is 10.8. The summed E-state index contributed by atoms with van der Waals surface area (Å²) in [5.74, 6) is 0.599. The minimum Gasteiger partial charge on any atom is -0.398 e. The van der Waals surface area contributed by atoms with Crippen LogP contribution in [0.3, 0.4) is 0 Å². The van der Waals surface area contributed by atoms with Crippen molar-refractivity contribution in [1.82, 2.24) is 14.9 Å². The lowest BCUT2D eigenvalue weighted by Gasteiger charge is -2.27. The summed E-state index contributed by atoms with van der Waals surface area (Å²) in [4.78, 5) is 13.4. The van der Waals surface area contributed by atoms with Gasteiger partial charge in [-0.1, -0.05) is 23.7 Å². The van der Waals surface area contributed by atoms with Gasteiger partial charge in [-0.3, -0.25) is 4.90 Å². The van der Waals surface area contributed by atoms with Crippen LogP contribution in [0.1, 0.15) is 12.0 Å². The molecule has 0 spiro atoms. The quantitative estimate of drug-likeness (QED) is 0.412. The average molecular weight is 431 g/mol. The maximum absolute atomic E-state index is 8.46. The van der Waals surface area contributed by atoms with E-state index in [1.807, 2.05) is 18.2 Å². The molecule has 1 aromatic heterocycles. The summed E-state index contributed by atoms with van der Waals surface area (Å²) in [6.45, 7) is 6.98. The van der Waals surface area contributed by atoms with Gasteiger partial charge in [-0.2, -0.15) is 0 Å². The van der Waals surface area contributed by atoms with Crippen molar-refractivity contribution < 1.29 is 9.47 Å². The molecule has 0 atom stereocenters. The molecule has 9 heteroatoms. The summed E-state index contributed by atoms with van der Waals surface area (Å²) >= 11 is 6.27. The predicted octanol–water partition coefficient (Wildman–Crippen LogP) is 2.31. The highest BCUT2D eigenvalue weighted by Crippen LogP contribution is 2.27. The van der Waals surface area contributed by atoms with Crippen LogP contribution in [0.5, 0.6) is 0 Å².